The number of sulfone groups is 1. The summed E-state index contributed by atoms with van der Waals surface area (Å²) >= 11 is 0. The Morgan fingerprint density at radius 1 is 1.38 bits per heavy atom. The van der Waals surface area contributed by atoms with Gasteiger partial charge < -0.3 is 10.4 Å². The van der Waals surface area contributed by atoms with Crippen molar-refractivity contribution in [3.8, 4) is 0 Å². The van der Waals surface area contributed by atoms with Crippen molar-refractivity contribution in [3.63, 3.8) is 0 Å². The smallest absolute Gasteiger partial charge is 0.317 e. The van der Waals surface area contributed by atoms with Gasteiger partial charge in [-0.25, -0.2) is 8.42 Å². The van der Waals surface area contributed by atoms with E-state index >= 15 is 0 Å². The second kappa shape index (κ2) is 4.28. The number of hydrogen-bond acceptors (Lipinski definition) is 6. The van der Waals surface area contributed by atoms with Gasteiger partial charge in [0.2, 0.25) is 0 Å². The predicted molar refractivity (Wildman–Crippen MR) is 53.4 cm³/mol. The van der Waals surface area contributed by atoms with E-state index in [9.17, 15) is 21.6 Å². The standard InChI is InChI=1S/C6H11NO7S2/c8-6(9)1-7-4-2-15(10,11)3-5(4)16(12,13)14/h4-5,7H,1-3H2,(H,8,9)(H,12,13,14)/t4-,5+/m1/s1. The number of nitrogens with one attached hydrogen (secondary N) is 1. The minimum Gasteiger partial charge on any atom is -0.480 e. The molecular formula is C6H11NO7S2. The fourth-order valence-electron chi connectivity index (χ4n) is 1.52. The topological polar surface area (TPSA) is 138 Å². The van der Waals surface area contributed by atoms with Gasteiger partial charge in [0.25, 0.3) is 10.1 Å². The summed E-state index contributed by atoms with van der Waals surface area (Å²) in [5, 5.41) is 9.14. The predicted octanol–water partition coefficient (Wildman–Crippen LogP) is -2.29. The molecule has 0 bridgehead atoms. The highest BCUT2D eigenvalue weighted by atomic mass is 32.2. The fraction of sp³-hybridized carbons (Fsp3) is 0.833. The molecule has 0 amide bonds. The molecule has 0 aromatic carbocycles. The third kappa shape index (κ3) is 3.40. The summed E-state index contributed by atoms with van der Waals surface area (Å²) in [5.74, 6) is -2.42. The summed E-state index contributed by atoms with van der Waals surface area (Å²) < 4.78 is 52.9. The number of carboxylic acids is 1. The van der Waals surface area contributed by atoms with Crippen molar-refractivity contribution in [3.05, 3.63) is 0 Å². The molecule has 0 radical (unpaired) electrons. The largest absolute Gasteiger partial charge is 0.480 e. The van der Waals surface area contributed by atoms with Gasteiger partial charge in [-0.3, -0.25) is 9.35 Å². The van der Waals surface area contributed by atoms with Crippen molar-refractivity contribution in [2.45, 2.75) is 11.3 Å². The molecule has 8 nitrogen and oxygen atoms in total. The van der Waals surface area contributed by atoms with Crippen LogP contribution in [0.2, 0.25) is 0 Å². The second-order valence-corrected chi connectivity index (χ2v) is 7.30. The van der Waals surface area contributed by atoms with Crippen molar-refractivity contribution < 1.29 is 31.3 Å². The molecule has 2 atom stereocenters. The maximum absolute atomic E-state index is 11.2. The third-order valence-electron chi connectivity index (χ3n) is 2.20. The molecule has 10 heteroatoms. The maximum Gasteiger partial charge on any atom is 0.317 e. The Labute approximate surface area is 92.3 Å². The van der Waals surface area contributed by atoms with Crippen molar-refractivity contribution in [1.82, 2.24) is 5.32 Å². The molecule has 1 saturated heterocycles. The van der Waals surface area contributed by atoms with E-state index in [-0.39, 0.29) is 0 Å². The maximum atomic E-state index is 11.2. The molecule has 0 aromatic heterocycles. The van der Waals surface area contributed by atoms with E-state index in [0.717, 1.165) is 0 Å². The zero-order chi connectivity index (χ0) is 12.6. The van der Waals surface area contributed by atoms with Crippen LogP contribution in [0.1, 0.15) is 0 Å². The molecule has 1 fully saturated rings. The molecule has 94 valence electrons. The van der Waals surface area contributed by atoms with Crippen LogP contribution in [-0.4, -0.2) is 61.8 Å². The first-order chi connectivity index (χ1) is 7.12. The van der Waals surface area contributed by atoms with Crippen molar-refractivity contribution in [2.24, 2.45) is 0 Å². The highest BCUT2D eigenvalue weighted by Crippen LogP contribution is 2.18. The lowest BCUT2D eigenvalue weighted by Gasteiger charge is -2.15. The normalized spacial score (nSPS) is 29.1. The van der Waals surface area contributed by atoms with Gasteiger partial charge >= 0.3 is 5.97 Å². The van der Waals surface area contributed by atoms with Crippen molar-refractivity contribution in [1.29, 1.82) is 0 Å². The third-order valence-corrected chi connectivity index (χ3v) is 5.40. The summed E-state index contributed by atoms with van der Waals surface area (Å²) in [6, 6.07) is -1.09. The molecule has 16 heavy (non-hydrogen) atoms. The van der Waals surface area contributed by atoms with Crippen LogP contribution in [0.4, 0.5) is 0 Å². The zero-order valence-corrected chi connectivity index (χ0v) is 9.66. The van der Waals surface area contributed by atoms with Crippen LogP contribution in [0.3, 0.4) is 0 Å². The first-order valence-corrected chi connectivity index (χ1v) is 7.56. The molecule has 1 rings (SSSR count). The SMILES string of the molecule is O=C(O)CN[C@@H]1CS(=O)(=O)C[C@@H]1S(=O)(=O)O. The molecule has 0 aliphatic carbocycles. The van der Waals surface area contributed by atoms with Crippen molar-refractivity contribution >= 4 is 25.9 Å². The van der Waals surface area contributed by atoms with E-state index in [4.69, 9.17) is 9.66 Å². The Bertz CT molecular complexity index is 479. The van der Waals surface area contributed by atoms with E-state index in [0.29, 0.717) is 0 Å². The first kappa shape index (κ1) is 13.4. The Morgan fingerprint density at radius 2 is 1.94 bits per heavy atom. The summed E-state index contributed by atoms with van der Waals surface area (Å²) in [5.41, 5.74) is 0. The molecule has 0 saturated carbocycles. The molecule has 0 spiro atoms. The Kier molecular flexibility index (Phi) is 3.57. The molecule has 1 aliphatic heterocycles. The Balaban J connectivity index is 2.85. The zero-order valence-electron chi connectivity index (χ0n) is 8.03. The molecule has 1 aliphatic rings. The lowest BCUT2D eigenvalue weighted by atomic mass is 10.2. The summed E-state index contributed by atoms with van der Waals surface area (Å²) in [6.07, 6.45) is 0. The van der Waals surface area contributed by atoms with Gasteiger partial charge in [-0.1, -0.05) is 0 Å². The summed E-state index contributed by atoms with van der Waals surface area (Å²) in [7, 11) is -8.08. The number of hydrogen-bond donors (Lipinski definition) is 3. The Hall–Kier alpha value is -0.710. The monoisotopic (exact) mass is 273 g/mol. The van der Waals surface area contributed by atoms with Gasteiger partial charge in [-0.2, -0.15) is 8.42 Å². The van der Waals surface area contributed by atoms with E-state index in [1.807, 2.05) is 0 Å². The van der Waals surface area contributed by atoms with Crippen molar-refractivity contribution in [2.75, 3.05) is 18.1 Å². The number of aliphatic carboxylic acids is 1. The average Bonchev–Trinajstić information content (AvgIpc) is 2.37. The lowest BCUT2D eigenvalue weighted by molar-refractivity contribution is -0.136. The van der Waals surface area contributed by atoms with Gasteiger partial charge in [-0.15, -0.1) is 0 Å². The fourth-order valence-corrected chi connectivity index (χ4v) is 5.32. The van der Waals surface area contributed by atoms with E-state index in [1.165, 1.54) is 0 Å². The molecule has 0 aromatic rings. The van der Waals surface area contributed by atoms with Gasteiger partial charge in [-0.05, 0) is 0 Å². The number of carboxylic acid groups (broad SMARTS) is 1. The van der Waals surface area contributed by atoms with Crippen LogP contribution in [0, 0.1) is 0 Å². The van der Waals surface area contributed by atoms with Crippen LogP contribution in [0.5, 0.6) is 0 Å². The van der Waals surface area contributed by atoms with Crippen LogP contribution in [0.15, 0.2) is 0 Å². The van der Waals surface area contributed by atoms with Gasteiger partial charge in [0.1, 0.15) is 5.25 Å². The molecule has 0 unspecified atom stereocenters. The second-order valence-electron chi connectivity index (χ2n) is 3.51. The highest BCUT2D eigenvalue weighted by Gasteiger charge is 2.44. The van der Waals surface area contributed by atoms with E-state index in [2.05, 4.69) is 5.32 Å². The number of rotatable bonds is 4. The van der Waals surface area contributed by atoms with Crippen LogP contribution in [0.25, 0.3) is 0 Å². The van der Waals surface area contributed by atoms with Gasteiger partial charge in [0.15, 0.2) is 9.84 Å². The summed E-state index contributed by atoms with van der Waals surface area (Å²) in [6.45, 7) is -0.563. The molecular weight excluding hydrogens is 262 g/mol. The average molecular weight is 273 g/mol. The minimum atomic E-state index is -4.51. The summed E-state index contributed by atoms with van der Waals surface area (Å²) in [4.78, 5) is 10.2. The van der Waals surface area contributed by atoms with E-state index in [1.54, 1.807) is 0 Å². The van der Waals surface area contributed by atoms with Crippen LogP contribution >= 0.6 is 0 Å². The molecule has 3 N–H and O–H groups in total. The first-order valence-electron chi connectivity index (χ1n) is 4.24. The van der Waals surface area contributed by atoms with Crippen LogP contribution in [-0.2, 0) is 24.7 Å². The van der Waals surface area contributed by atoms with Crippen LogP contribution < -0.4 is 5.32 Å². The molecule has 1 heterocycles. The van der Waals surface area contributed by atoms with Gasteiger partial charge in [0, 0.05) is 6.04 Å². The number of carbonyl (C=O) groups is 1. The Morgan fingerprint density at radius 3 is 2.38 bits per heavy atom. The van der Waals surface area contributed by atoms with E-state index < -0.39 is 55.3 Å². The lowest BCUT2D eigenvalue weighted by Crippen LogP contribution is -2.45. The quantitative estimate of drug-likeness (QED) is 0.487. The minimum absolute atomic E-state index is 0.495. The van der Waals surface area contributed by atoms with Gasteiger partial charge in [0.05, 0.1) is 18.1 Å². The highest BCUT2D eigenvalue weighted by molar-refractivity contribution is 7.94.